The van der Waals surface area contributed by atoms with Crippen molar-refractivity contribution in [3.8, 4) is 0 Å². The van der Waals surface area contributed by atoms with Crippen molar-refractivity contribution in [2.45, 2.75) is 117 Å². The molecule has 1 rings (SSSR count). The molecule has 0 radical (unpaired) electrons. The molecular weight excluding hydrogens is 372 g/mol. The van der Waals surface area contributed by atoms with Crippen LogP contribution in [0.5, 0.6) is 0 Å². The van der Waals surface area contributed by atoms with E-state index in [1.807, 2.05) is 30.3 Å². The van der Waals surface area contributed by atoms with E-state index in [9.17, 15) is 14.7 Å². The van der Waals surface area contributed by atoms with Crippen molar-refractivity contribution < 1.29 is 14.7 Å². The van der Waals surface area contributed by atoms with E-state index in [0.29, 0.717) is 6.42 Å². The van der Waals surface area contributed by atoms with Gasteiger partial charge < -0.3 is 5.11 Å². The summed E-state index contributed by atoms with van der Waals surface area (Å²) in [6.07, 6.45) is 18.4. The zero-order valence-corrected chi connectivity index (χ0v) is 19.5. The maximum absolute atomic E-state index is 12.7. The van der Waals surface area contributed by atoms with Gasteiger partial charge in [-0.25, -0.2) is 0 Å². The first-order valence-electron chi connectivity index (χ1n) is 12.3. The Labute approximate surface area is 184 Å². The zero-order chi connectivity index (χ0) is 22.1. The summed E-state index contributed by atoms with van der Waals surface area (Å²) >= 11 is 0. The summed E-state index contributed by atoms with van der Waals surface area (Å²) in [4.78, 5) is 24.5. The first-order valence-corrected chi connectivity index (χ1v) is 12.3. The molecule has 0 heterocycles. The van der Waals surface area contributed by atoms with E-state index in [-0.39, 0.29) is 12.2 Å². The summed E-state index contributed by atoms with van der Waals surface area (Å²) in [6, 6.07) is 9.43. The second-order valence-electron chi connectivity index (χ2n) is 9.07. The topological polar surface area (TPSA) is 54.4 Å². The number of benzene rings is 1. The molecule has 0 saturated carbocycles. The number of Topliss-reactive ketones (excluding diaryl/α,β-unsaturated/α-hetero) is 1. The van der Waals surface area contributed by atoms with Gasteiger partial charge in [0.1, 0.15) is 5.41 Å². The van der Waals surface area contributed by atoms with E-state index in [4.69, 9.17) is 0 Å². The largest absolute Gasteiger partial charge is 0.481 e. The molecule has 30 heavy (non-hydrogen) atoms. The third kappa shape index (κ3) is 10.9. The minimum Gasteiger partial charge on any atom is -0.481 e. The number of ketones is 1. The lowest BCUT2D eigenvalue weighted by Crippen LogP contribution is -2.37. The number of hydrogen-bond acceptors (Lipinski definition) is 2. The van der Waals surface area contributed by atoms with Crippen LogP contribution in [0.2, 0.25) is 0 Å². The van der Waals surface area contributed by atoms with Gasteiger partial charge in [0.15, 0.2) is 5.78 Å². The molecule has 3 heteroatoms. The number of carbonyl (C=O) groups excluding carboxylic acids is 1. The van der Waals surface area contributed by atoms with Gasteiger partial charge in [-0.05, 0) is 18.9 Å². The van der Waals surface area contributed by atoms with Gasteiger partial charge in [0.05, 0.1) is 0 Å². The van der Waals surface area contributed by atoms with Gasteiger partial charge in [0.2, 0.25) is 0 Å². The molecule has 0 fully saturated rings. The van der Waals surface area contributed by atoms with Crippen LogP contribution in [0.15, 0.2) is 30.3 Å². The first kappa shape index (κ1) is 26.4. The van der Waals surface area contributed by atoms with E-state index in [2.05, 4.69) is 6.92 Å². The van der Waals surface area contributed by atoms with Crippen molar-refractivity contribution in [1.82, 2.24) is 0 Å². The minimum atomic E-state index is -1.27. The van der Waals surface area contributed by atoms with Gasteiger partial charge in [-0.2, -0.15) is 0 Å². The molecule has 0 aromatic heterocycles. The van der Waals surface area contributed by atoms with E-state index >= 15 is 0 Å². The van der Waals surface area contributed by atoms with Crippen molar-refractivity contribution in [1.29, 1.82) is 0 Å². The van der Waals surface area contributed by atoms with Gasteiger partial charge in [-0.15, -0.1) is 0 Å². The van der Waals surface area contributed by atoms with Crippen LogP contribution >= 0.6 is 0 Å². The van der Waals surface area contributed by atoms with E-state index < -0.39 is 11.4 Å². The zero-order valence-electron chi connectivity index (χ0n) is 19.5. The molecule has 1 N–H and O–H groups in total. The van der Waals surface area contributed by atoms with Crippen LogP contribution in [0.1, 0.15) is 116 Å². The standard InChI is InChI=1S/C27H44O3/c1-3-4-5-6-7-8-9-10-11-12-13-14-15-19-22-27(2,26(29)30)25(28)23-24-20-17-16-18-21-24/h16-18,20-21H,3-15,19,22-23H2,1-2H3,(H,29,30). The van der Waals surface area contributed by atoms with Crippen molar-refractivity contribution in [2.24, 2.45) is 5.41 Å². The van der Waals surface area contributed by atoms with Crippen LogP contribution in [0.25, 0.3) is 0 Å². The number of carboxylic acids is 1. The molecule has 1 atom stereocenters. The molecule has 1 aromatic rings. The lowest BCUT2D eigenvalue weighted by molar-refractivity contribution is -0.154. The van der Waals surface area contributed by atoms with Crippen LogP contribution in [0.3, 0.4) is 0 Å². The summed E-state index contributed by atoms with van der Waals surface area (Å²) < 4.78 is 0. The van der Waals surface area contributed by atoms with Crippen LogP contribution in [0, 0.1) is 5.41 Å². The smallest absolute Gasteiger partial charge is 0.316 e. The molecule has 0 amide bonds. The molecule has 0 aliphatic heterocycles. The van der Waals surface area contributed by atoms with Gasteiger partial charge >= 0.3 is 5.97 Å². The average Bonchev–Trinajstić information content (AvgIpc) is 2.74. The van der Waals surface area contributed by atoms with E-state index in [1.54, 1.807) is 6.92 Å². The van der Waals surface area contributed by atoms with E-state index in [1.165, 1.54) is 70.6 Å². The molecule has 0 aliphatic carbocycles. The molecule has 0 aliphatic rings. The second kappa shape index (κ2) is 16.1. The normalized spacial score (nSPS) is 13.1. The number of rotatable bonds is 19. The molecule has 0 spiro atoms. The summed E-state index contributed by atoms with van der Waals surface area (Å²) in [5.41, 5.74) is -0.386. The number of carbonyl (C=O) groups is 2. The van der Waals surface area contributed by atoms with Crippen molar-refractivity contribution >= 4 is 11.8 Å². The maximum atomic E-state index is 12.7. The maximum Gasteiger partial charge on any atom is 0.316 e. The lowest BCUT2D eigenvalue weighted by Gasteiger charge is -2.23. The SMILES string of the molecule is CCCCCCCCCCCCCCCCC(C)(C(=O)O)C(=O)Cc1ccccc1. The molecular formula is C27H44O3. The highest BCUT2D eigenvalue weighted by molar-refractivity contribution is 6.03. The first-order chi connectivity index (χ1) is 14.5. The summed E-state index contributed by atoms with van der Waals surface area (Å²) in [5.74, 6) is -1.17. The third-order valence-electron chi connectivity index (χ3n) is 6.33. The van der Waals surface area contributed by atoms with Crippen LogP contribution in [-0.4, -0.2) is 16.9 Å². The molecule has 0 saturated heterocycles. The van der Waals surface area contributed by atoms with Crippen molar-refractivity contribution in [2.75, 3.05) is 0 Å². The Bertz CT molecular complexity index is 581. The predicted molar refractivity (Wildman–Crippen MR) is 126 cm³/mol. The number of aliphatic carboxylic acids is 1. The molecule has 3 nitrogen and oxygen atoms in total. The fraction of sp³-hybridized carbons (Fsp3) is 0.704. The fourth-order valence-corrected chi connectivity index (χ4v) is 4.02. The van der Waals surface area contributed by atoms with Gasteiger partial charge in [-0.1, -0.05) is 127 Å². The Morgan fingerprint density at radius 2 is 1.17 bits per heavy atom. The average molecular weight is 417 g/mol. The third-order valence-corrected chi connectivity index (χ3v) is 6.33. The van der Waals surface area contributed by atoms with Crippen molar-refractivity contribution in [3.05, 3.63) is 35.9 Å². The molecule has 0 bridgehead atoms. The Kier molecular flexibility index (Phi) is 14.2. The quantitative estimate of drug-likeness (QED) is 0.185. The Morgan fingerprint density at radius 3 is 1.60 bits per heavy atom. The number of unbranched alkanes of at least 4 members (excludes halogenated alkanes) is 13. The minimum absolute atomic E-state index is 0.184. The van der Waals surface area contributed by atoms with Gasteiger partial charge in [0.25, 0.3) is 0 Å². The van der Waals surface area contributed by atoms with Gasteiger partial charge in [0, 0.05) is 6.42 Å². The lowest BCUT2D eigenvalue weighted by atomic mass is 9.78. The highest BCUT2D eigenvalue weighted by Gasteiger charge is 2.39. The Morgan fingerprint density at radius 1 is 0.733 bits per heavy atom. The predicted octanol–water partition coefficient (Wildman–Crippen LogP) is 7.76. The molecule has 170 valence electrons. The molecule has 1 unspecified atom stereocenters. The summed E-state index contributed by atoms with van der Waals surface area (Å²) in [7, 11) is 0. The molecule has 1 aromatic carbocycles. The van der Waals surface area contributed by atoms with Crippen LogP contribution < -0.4 is 0 Å². The highest BCUT2D eigenvalue weighted by Crippen LogP contribution is 2.28. The van der Waals surface area contributed by atoms with E-state index in [0.717, 1.165) is 24.8 Å². The van der Waals surface area contributed by atoms with Crippen LogP contribution in [-0.2, 0) is 16.0 Å². The monoisotopic (exact) mass is 416 g/mol. The Balaban J connectivity index is 2.11. The summed E-state index contributed by atoms with van der Waals surface area (Å²) in [6.45, 7) is 3.86. The number of carboxylic acid groups (broad SMARTS) is 1. The highest BCUT2D eigenvalue weighted by atomic mass is 16.4. The fourth-order valence-electron chi connectivity index (χ4n) is 4.02. The van der Waals surface area contributed by atoms with Gasteiger partial charge in [-0.3, -0.25) is 9.59 Å². The number of hydrogen-bond donors (Lipinski definition) is 1. The second-order valence-corrected chi connectivity index (χ2v) is 9.07. The summed E-state index contributed by atoms with van der Waals surface area (Å²) in [5, 5.41) is 9.66. The van der Waals surface area contributed by atoms with Crippen LogP contribution in [0.4, 0.5) is 0 Å². The van der Waals surface area contributed by atoms with Crippen molar-refractivity contribution in [3.63, 3.8) is 0 Å². The Hall–Kier alpha value is -1.64.